The molecule has 0 saturated heterocycles. The molecule has 2 aromatic rings. The van der Waals surface area contributed by atoms with Gasteiger partial charge in [-0.1, -0.05) is 17.7 Å². The Hall–Kier alpha value is -2.34. The summed E-state index contributed by atoms with van der Waals surface area (Å²) in [5, 5.41) is 5.66. The van der Waals surface area contributed by atoms with Crippen LogP contribution in [0, 0.1) is 0 Å². The van der Waals surface area contributed by atoms with E-state index in [4.69, 9.17) is 11.6 Å². The van der Waals surface area contributed by atoms with E-state index < -0.39 is 0 Å². The summed E-state index contributed by atoms with van der Waals surface area (Å²) in [7, 11) is 0. The highest BCUT2D eigenvalue weighted by Gasteiger charge is 2.22. The molecular weight excluding hydrogens is 304 g/mol. The van der Waals surface area contributed by atoms with E-state index in [9.17, 15) is 9.59 Å². The molecule has 7 heteroatoms. The number of hydrogen-bond acceptors (Lipinski definition) is 3. The highest BCUT2D eigenvalue weighted by Crippen LogP contribution is 2.19. The first-order valence-corrected chi connectivity index (χ1v) is 7.39. The molecule has 0 atom stereocenters. The predicted molar refractivity (Wildman–Crippen MR) is 83.4 cm³/mol. The molecule has 0 unspecified atom stereocenters. The summed E-state index contributed by atoms with van der Waals surface area (Å²) in [5.74, 6) is -0.523. The van der Waals surface area contributed by atoms with Crippen LogP contribution in [0.4, 0.5) is 0 Å². The molecule has 1 aliphatic rings. The Labute approximate surface area is 132 Å². The van der Waals surface area contributed by atoms with E-state index in [0.717, 1.165) is 12.8 Å². The van der Waals surface area contributed by atoms with Crippen LogP contribution in [0.1, 0.15) is 18.5 Å². The third-order valence-corrected chi connectivity index (χ3v) is 3.56. The minimum atomic E-state index is -0.354. The van der Waals surface area contributed by atoms with Crippen LogP contribution in [0.3, 0.4) is 0 Å². The maximum Gasteiger partial charge on any atom is 0.244 e. The van der Waals surface area contributed by atoms with Crippen LogP contribution in [0.15, 0.2) is 30.5 Å². The number of aromatic nitrogens is 2. The third kappa shape index (κ3) is 3.46. The number of carbonyl (C=O) groups excluding carboxylic acids is 2. The van der Waals surface area contributed by atoms with Crippen molar-refractivity contribution in [3.63, 3.8) is 0 Å². The highest BCUT2D eigenvalue weighted by atomic mass is 35.5. The third-order valence-electron chi connectivity index (χ3n) is 3.28. The van der Waals surface area contributed by atoms with Crippen LogP contribution in [0.5, 0.6) is 0 Å². The molecule has 2 amide bonds. The Kier molecular flexibility index (Phi) is 4.11. The number of halogens is 1. The Morgan fingerprint density at radius 3 is 3.00 bits per heavy atom. The molecule has 2 heterocycles. The van der Waals surface area contributed by atoms with Gasteiger partial charge in [0.15, 0.2) is 5.15 Å². The van der Waals surface area contributed by atoms with Crippen molar-refractivity contribution < 1.29 is 9.59 Å². The lowest BCUT2D eigenvalue weighted by atomic mass is 10.3. The smallest absolute Gasteiger partial charge is 0.244 e. The molecule has 0 spiro atoms. The van der Waals surface area contributed by atoms with Crippen LogP contribution < -0.4 is 10.6 Å². The number of nitrogens with one attached hydrogen (secondary N) is 2. The molecule has 1 fully saturated rings. The van der Waals surface area contributed by atoms with Gasteiger partial charge in [0.25, 0.3) is 0 Å². The van der Waals surface area contributed by atoms with Crippen molar-refractivity contribution in [1.29, 1.82) is 0 Å². The monoisotopic (exact) mass is 318 g/mol. The van der Waals surface area contributed by atoms with Crippen LogP contribution in [-0.2, 0) is 9.59 Å². The first-order chi connectivity index (χ1) is 10.6. The zero-order valence-electron chi connectivity index (χ0n) is 11.8. The summed E-state index contributed by atoms with van der Waals surface area (Å²) >= 11 is 6.06. The number of pyridine rings is 1. The summed E-state index contributed by atoms with van der Waals surface area (Å²) < 4.78 is 1.78. The maximum absolute atomic E-state index is 11.7. The molecule has 0 bridgehead atoms. The van der Waals surface area contributed by atoms with Gasteiger partial charge in [0.05, 0.1) is 12.2 Å². The van der Waals surface area contributed by atoms with E-state index in [1.165, 1.54) is 6.08 Å². The second-order valence-corrected chi connectivity index (χ2v) is 5.47. The molecule has 2 aromatic heterocycles. The zero-order valence-corrected chi connectivity index (χ0v) is 12.5. The van der Waals surface area contributed by atoms with Crippen molar-refractivity contribution >= 4 is 35.1 Å². The summed E-state index contributed by atoms with van der Waals surface area (Å²) in [5.41, 5.74) is 1.33. The lowest BCUT2D eigenvalue weighted by molar-refractivity contribution is -0.124. The Morgan fingerprint density at radius 2 is 2.23 bits per heavy atom. The highest BCUT2D eigenvalue weighted by molar-refractivity contribution is 6.31. The van der Waals surface area contributed by atoms with Crippen LogP contribution >= 0.6 is 11.6 Å². The van der Waals surface area contributed by atoms with Gasteiger partial charge < -0.3 is 10.6 Å². The number of nitrogens with zero attached hydrogens (tertiary/aromatic N) is 2. The van der Waals surface area contributed by atoms with Crippen molar-refractivity contribution in [3.05, 3.63) is 41.3 Å². The molecular formula is C15H15ClN4O2. The molecule has 1 aliphatic carbocycles. The lowest BCUT2D eigenvalue weighted by Gasteiger charge is -2.03. The average molecular weight is 319 g/mol. The van der Waals surface area contributed by atoms with E-state index in [-0.39, 0.29) is 24.4 Å². The maximum atomic E-state index is 11.7. The second kappa shape index (κ2) is 6.19. The van der Waals surface area contributed by atoms with Crippen LogP contribution in [0.2, 0.25) is 5.15 Å². The van der Waals surface area contributed by atoms with Crippen molar-refractivity contribution in [2.75, 3.05) is 6.54 Å². The zero-order chi connectivity index (χ0) is 15.5. The van der Waals surface area contributed by atoms with Gasteiger partial charge in [-0.05, 0) is 31.1 Å². The summed E-state index contributed by atoms with van der Waals surface area (Å²) in [6, 6.07) is 5.82. The van der Waals surface area contributed by atoms with Crippen LogP contribution in [-0.4, -0.2) is 33.8 Å². The van der Waals surface area contributed by atoms with Gasteiger partial charge in [-0.15, -0.1) is 0 Å². The molecule has 1 saturated carbocycles. The number of rotatable bonds is 5. The normalized spacial score (nSPS) is 14.4. The standard InChI is InChI=1S/C15H15ClN4O2/c16-15-11(20-8-2-1-3-12(20)19-15)6-7-13(21)17-9-14(22)18-10-4-5-10/h1-3,6-8,10H,4-5,9H2,(H,17,21)(H,18,22)/b7-6+. The fraction of sp³-hybridized carbons (Fsp3) is 0.267. The molecule has 0 aliphatic heterocycles. The van der Waals surface area contributed by atoms with Gasteiger partial charge in [-0.3, -0.25) is 14.0 Å². The number of amides is 2. The van der Waals surface area contributed by atoms with E-state index in [2.05, 4.69) is 15.6 Å². The topological polar surface area (TPSA) is 75.5 Å². The van der Waals surface area contributed by atoms with Crippen molar-refractivity contribution in [2.24, 2.45) is 0 Å². The second-order valence-electron chi connectivity index (χ2n) is 5.11. The number of carbonyl (C=O) groups is 2. The molecule has 3 rings (SSSR count). The fourth-order valence-corrected chi connectivity index (χ4v) is 2.26. The minimum absolute atomic E-state index is 0.0272. The lowest BCUT2D eigenvalue weighted by Crippen LogP contribution is -2.37. The molecule has 6 nitrogen and oxygen atoms in total. The molecule has 2 N–H and O–H groups in total. The van der Waals surface area contributed by atoms with Gasteiger partial charge in [-0.2, -0.15) is 0 Å². The number of fused-ring (bicyclic) bond motifs is 1. The first-order valence-electron chi connectivity index (χ1n) is 7.01. The quantitative estimate of drug-likeness (QED) is 0.818. The van der Waals surface area contributed by atoms with E-state index in [1.54, 1.807) is 10.5 Å². The van der Waals surface area contributed by atoms with E-state index >= 15 is 0 Å². The summed E-state index contributed by atoms with van der Waals surface area (Å²) in [4.78, 5) is 27.4. The average Bonchev–Trinajstić information content (AvgIpc) is 3.24. The Balaban J connectivity index is 1.61. The molecule has 0 radical (unpaired) electrons. The van der Waals surface area contributed by atoms with Crippen molar-refractivity contribution in [2.45, 2.75) is 18.9 Å². The first kappa shape index (κ1) is 14.6. The largest absolute Gasteiger partial charge is 0.352 e. The van der Waals surface area contributed by atoms with Gasteiger partial charge in [0.2, 0.25) is 11.8 Å². The SMILES string of the molecule is O=C(/C=C/c1c(Cl)nc2ccccn12)NCC(=O)NC1CC1. The molecule has 0 aromatic carbocycles. The van der Waals surface area contributed by atoms with Crippen molar-refractivity contribution in [1.82, 2.24) is 20.0 Å². The van der Waals surface area contributed by atoms with Gasteiger partial charge in [0.1, 0.15) is 5.65 Å². The molecule has 22 heavy (non-hydrogen) atoms. The fourth-order valence-electron chi connectivity index (χ4n) is 2.02. The molecule has 114 valence electrons. The van der Waals surface area contributed by atoms with Crippen LogP contribution in [0.25, 0.3) is 11.7 Å². The van der Waals surface area contributed by atoms with E-state index in [1.807, 2.05) is 24.4 Å². The minimum Gasteiger partial charge on any atom is -0.352 e. The Morgan fingerprint density at radius 1 is 1.41 bits per heavy atom. The number of hydrogen-bond donors (Lipinski definition) is 2. The Bertz CT molecular complexity index is 749. The van der Waals surface area contributed by atoms with Gasteiger partial charge in [-0.25, -0.2) is 4.98 Å². The van der Waals surface area contributed by atoms with Gasteiger partial charge >= 0.3 is 0 Å². The predicted octanol–water partition coefficient (Wildman–Crippen LogP) is 1.40. The summed E-state index contributed by atoms with van der Waals surface area (Å²) in [6.45, 7) is -0.0272. The van der Waals surface area contributed by atoms with E-state index in [0.29, 0.717) is 16.5 Å². The van der Waals surface area contributed by atoms with Gasteiger partial charge in [0, 0.05) is 18.3 Å². The number of imidazole rings is 1. The van der Waals surface area contributed by atoms with Crippen molar-refractivity contribution in [3.8, 4) is 0 Å². The summed E-state index contributed by atoms with van der Waals surface area (Å²) in [6.07, 6.45) is 6.77.